The van der Waals surface area contributed by atoms with E-state index in [1.807, 2.05) is 19.1 Å². The van der Waals surface area contributed by atoms with Gasteiger partial charge in [0.15, 0.2) is 0 Å². The monoisotopic (exact) mass is 413 g/mol. The van der Waals surface area contributed by atoms with E-state index in [9.17, 15) is 4.79 Å². The first-order valence-corrected chi connectivity index (χ1v) is 10.5. The molecule has 1 aromatic carbocycles. The van der Waals surface area contributed by atoms with Crippen LogP contribution in [0, 0.1) is 5.92 Å². The second kappa shape index (κ2) is 10.7. The third kappa shape index (κ3) is 5.75. The van der Waals surface area contributed by atoms with Crippen molar-refractivity contribution < 1.29 is 14.3 Å². The zero-order chi connectivity index (χ0) is 21.3. The van der Waals surface area contributed by atoms with Crippen molar-refractivity contribution in [1.29, 1.82) is 0 Å². The quantitative estimate of drug-likeness (QED) is 0.650. The van der Waals surface area contributed by atoms with Gasteiger partial charge in [-0.3, -0.25) is 4.79 Å². The molecule has 0 bridgehead atoms. The fraction of sp³-hybridized carbons (Fsp3) is 0.500. The number of nitrogens with one attached hydrogen (secondary N) is 2. The van der Waals surface area contributed by atoms with Gasteiger partial charge in [0.1, 0.15) is 29.5 Å². The van der Waals surface area contributed by atoms with E-state index in [1.165, 1.54) is 0 Å². The SMILES string of the molecule is CCNc1cc(N2CCC(CCC(=O)Nc3ccc(OC)cc3OC)CC2)ncn1. The van der Waals surface area contributed by atoms with Gasteiger partial charge in [0, 0.05) is 38.2 Å². The van der Waals surface area contributed by atoms with Crippen molar-refractivity contribution in [2.24, 2.45) is 5.92 Å². The van der Waals surface area contributed by atoms with Gasteiger partial charge in [-0.2, -0.15) is 0 Å². The van der Waals surface area contributed by atoms with Crippen molar-refractivity contribution in [3.05, 3.63) is 30.6 Å². The number of benzene rings is 1. The van der Waals surface area contributed by atoms with Crippen molar-refractivity contribution in [2.45, 2.75) is 32.6 Å². The van der Waals surface area contributed by atoms with Crippen molar-refractivity contribution in [2.75, 3.05) is 49.4 Å². The van der Waals surface area contributed by atoms with Crippen molar-refractivity contribution >= 4 is 23.2 Å². The van der Waals surface area contributed by atoms with Crippen LogP contribution in [0.5, 0.6) is 11.5 Å². The maximum Gasteiger partial charge on any atom is 0.224 e. The van der Waals surface area contributed by atoms with Crippen LogP contribution in [0.1, 0.15) is 32.6 Å². The lowest BCUT2D eigenvalue weighted by Crippen LogP contribution is -2.34. The minimum Gasteiger partial charge on any atom is -0.497 e. The lowest BCUT2D eigenvalue weighted by Gasteiger charge is -2.32. The molecular formula is C22H31N5O3. The molecule has 1 fully saturated rings. The van der Waals surface area contributed by atoms with Crippen LogP contribution >= 0.6 is 0 Å². The van der Waals surface area contributed by atoms with Gasteiger partial charge in [0.05, 0.1) is 19.9 Å². The molecule has 1 saturated heterocycles. The summed E-state index contributed by atoms with van der Waals surface area (Å²) >= 11 is 0. The van der Waals surface area contributed by atoms with E-state index >= 15 is 0 Å². The Kier molecular flexibility index (Phi) is 7.70. The first-order chi connectivity index (χ1) is 14.6. The number of nitrogens with zero attached hydrogens (tertiary/aromatic N) is 3. The summed E-state index contributed by atoms with van der Waals surface area (Å²) in [5.74, 6) is 3.65. The summed E-state index contributed by atoms with van der Waals surface area (Å²) in [5, 5.41) is 6.18. The van der Waals surface area contributed by atoms with Crippen molar-refractivity contribution in [3.8, 4) is 11.5 Å². The van der Waals surface area contributed by atoms with Gasteiger partial charge >= 0.3 is 0 Å². The smallest absolute Gasteiger partial charge is 0.224 e. The van der Waals surface area contributed by atoms with E-state index in [0.29, 0.717) is 29.5 Å². The molecule has 3 rings (SSSR count). The van der Waals surface area contributed by atoms with Gasteiger partial charge < -0.3 is 25.0 Å². The number of carbonyl (C=O) groups excluding carboxylic acids is 1. The molecule has 1 amide bonds. The Morgan fingerprint density at radius 3 is 2.67 bits per heavy atom. The molecule has 0 saturated carbocycles. The molecule has 1 aromatic heterocycles. The molecule has 2 aromatic rings. The second-order valence-corrected chi connectivity index (χ2v) is 7.38. The predicted octanol–water partition coefficient (Wildman–Crippen LogP) is 3.56. The molecule has 2 N–H and O–H groups in total. The van der Waals surface area contributed by atoms with Crippen LogP contribution in [0.4, 0.5) is 17.3 Å². The first kappa shape index (κ1) is 21.7. The number of hydrogen-bond donors (Lipinski definition) is 2. The summed E-state index contributed by atoms with van der Waals surface area (Å²) in [6.07, 6.45) is 5.10. The predicted molar refractivity (Wildman–Crippen MR) is 119 cm³/mol. The zero-order valence-corrected chi connectivity index (χ0v) is 18.0. The maximum absolute atomic E-state index is 12.4. The molecule has 162 valence electrons. The number of hydrogen-bond acceptors (Lipinski definition) is 7. The Hall–Kier alpha value is -3.03. The van der Waals surface area contributed by atoms with Crippen LogP contribution in [-0.4, -0.2) is 49.7 Å². The molecule has 0 radical (unpaired) electrons. The Morgan fingerprint density at radius 2 is 1.97 bits per heavy atom. The van der Waals surface area contributed by atoms with E-state index in [-0.39, 0.29) is 5.91 Å². The Balaban J connectivity index is 1.45. The van der Waals surface area contributed by atoms with E-state index in [0.717, 1.165) is 50.5 Å². The molecule has 8 nitrogen and oxygen atoms in total. The van der Waals surface area contributed by atoms with E-state index in [4.69, 9.17) is 9.47 Å². The highest BCUT2D eigenvalue weighted by molar-refractivity contribution is 5.92. The topological polar surface area (TPSA) is 88.6 Å². The van der Waals surface area contributed by atoms with Gasteiger partial charge in [0.2, 0.25) is 5.91 Å². The van der Waals surface area contributed by atoms with E-state index in [1.54, 1.807) is 32.7 Å². The van der Waals surface area contributed by atoms with Crippen LogP contribution < -0.4 is 25.0 Å². The first-order valence-electron chi connectivity index (χ1n) is 10.5. The number of anilines is 3. The maximum atomic E-state index is 12.4. The summed E-state index contributed by atoms with van der Waals surface area (Å²) in [6, 6.07) is 7.37. The second-order valence-electron chi connectivity index (χ2n) is 7.38. The summed E-state index contributed by atoms with van der Waals surface area (Å²) in [5.41, 5.74) is 0.665. The highest BCUT2D eigenvalue weighted by Gasteiger charge is 2.21. The fourth-order valence-electron chi connectivity index (χ4n) is 3.70. The number of aromatic nitrogens is 2. The van der Waals surface area contributed by atoms with Crippen molar-refractivity contribution in [3.63, 3.8) is 0 Å². The normalized spacial score (nSPS) is 14.3. The Morgan fingerprint density at radius 1 is 1.17 bits per heavy atom. The molecular weight excluding hydrogens is 382 g/mol. The Bertz CT molecular complexity index is 837. The van der Waals surface area contributed by atoms with Crippen LogP contribution in [0.15, 0.2) is 30.6 Å². The third-order valence-electron chi connectivity index (χ3n) is 5.41. The number of carbonyl (C=O) groups is 1. The summed E-state index contributed by atoms with van der Waals surface area (Å²) in [6.45, 7) is 4.78. The summed E-state index contributed by atoms with van der Waals surface area (Å²) in [7, 11) is 3.18. The lowest BCUT2D eigenvalue weighted by atomic mass is 9.92. The number of ether oxygens (including phenoxy) is 2. The highest BCUT2D eigenvalue weighted by Crippen LogP contribution is 2.30. The lowest BCUT2D eigenvalue weighted by molar-refractivity contribution is -0.116. The average molecular weight is 414 g/mol. The largest absolute Gasteiger partial charge is 0.497 e. The van der Waals surface area contributed by atoms with Gasteiger partial charge in [-0.1, -0.05) is 0 Å². The van der Waals surface area contributed by atoms with Crippen LogP contribution in [0.3, 0.4) is 0 Å². The molecule has 30 heavy (non-hydrogen) atoms. The standard InChI is InChI=1S/C22H31N5O3/c1-4-23-20-14-21(25-15-24-20)27-11-9-16(10-12-27)5-8-22(28)26-18-7-6-17(29-2)13-19(18)30-3/h6-7,13-16H,4-5,8-12H2,1-3H3,(H,26,28)(H,23,24,25). The minimum absolute atomic E-state index is 0.00646. The molecule has 0 atom stereocenters. The van der Waals surface area contributed by atoms with Gasteiger partial charge in [0.25, 0.3) is 0 Å². The molecule has 1 aliphatic rings. The molecule has 8 heteroatoms. The van der Waals surface area contributed by atoms with E-state index in [2.05, 4.69) is 25.5 Å². The molecule has 0 aliphatic carbocycles. The fourth-order valence-corrected chi connectivity index (χ4v) is 3.70. The highest BCUT2D eigenvalue weighted by atomic mass is 16.5. The number of amides is 1. The summed E-state index contributed by atoms with van der Waals surface area (Å²) < 4.78 is 10.5. The Labute approximate surface area is 178 Å². The van der Waals surface area contributed by atoms with E-state index < -0.39 is 0 Å². The van der Waals surface area contributed by atoms with Gasteiger partial charge in [-0.25, -0.2) is 9.97 Å². The van der Waals surface area contributed by atoms with Crippen LogP contribution in [-0.2, 0) is 4.79 Å². The van der Waals surface area contributed by atoms with Crippen LogP contribution in [0.2, 0.25) is 0 Å². The minimum atomic E-state index is 0.00646. The zero-order valence-electron chi connectivity index (χ0n) is 18.0. The van der Waals surface area contributed by atoms with Crippen LogP contribution in [0.25, 0.3) is 0 Å². The summed E-state index contributed by atoms with van der Waals surface area (Å²) in [4.78, 5) is 23.4. The molecule has 2 heterocycles. The van der Waals surface area contributed by atoms with Crippen molar-refractivity contribution in [1.82, 2.24) is 9.97 Å². The third-order valence-corrected chi connectivity index (χ3v) is 5.41. The van der Waals surface area contributed by atoms with Gasteiger partial charge in [-0.15, -0.1) is 0 Å². The number of piperidine rings is 1. The molecule has 1 aliphatic heterocycles. The molecule has 0 unspecified atom stereocenters. The average Bonchev–Trinajstić information content (AvgIpc) is 2.78. The number of methoxy groups -OCH3 is 2. The van der Waals surface area contributed by atoms with Gasteiger partial charge in [-0.05, 0) is 44.2 Å². The number of rotatable bonds is 9. The molecule has 0 spiro atoms.